The van der Waals surface area contributed by atoms with Gasteiger partial charge >= 0.3 is 0 Å². The van der Waals surface area contributed by atoms with Gasteiger partial charge in [-0.25, -0.2) is 0 Å². The van der Waals surface area contributed by atoms with E-state index >= 15 is 0 Å². The maximum Gasteiger partial charge on any atom is 0.248 e. The lowest BCUT2D eigenvalue weighted by molar-refractivity contribution is -0.123. The summed E-state index contributed by atoms with van der Waals surface area (Å²) in [5.74, 6) is 2.38. The summed E-state index contributed by atoms with van der Waals surface area (Å²) in [6.45, 7) is 4.47. The lowest BCUT2D eigenvalue weighted by Gasteiger charge is -2.31. The number of nitrogens with zero attached hydrogens (tertiary/aromatic N) is 1. The zero-order chi connectivity index (χ0) is 21.1. The van der Waals surface area contributed by atoms with Crippen LogP contribution in [0.15, 0.2) is 46.9 Å². The third kappa shape index (κ3) is 5.00. The highest BCUT2D eigenvalue weighted by atomic mass is 16.3. The Hall–Kier alpha value is -2.86. The molecule has 6 heteroatoms. The second-order valence-corrected chi connectivity index (χ2v) is 8.52. The largest absolute Gasteiger partial charge is 0.461 e. The van der Waals surface area contributed by atoms with Crippen LogP contribution in [0.3, 0.4) is 0 Å². The average molecular weight is 408 g/mol. The van der Waals surface area contributed by atoms with E-state index in [0.29, 0.717) is 30.7 Å². The van der Waals surface area contributed by atoms with Gasteiger partial charge in [-0.1, -0.05) is 25.1 Å². The first-order chi connectivity index (χ1) is 14.5. The van der Waals surface area contributed by atoms with Gasteiger partial charge in [-0.15, -0.1) is 0 Å². The molecule has 1 saturated heterocycles. The Labute approximate surface area is 177 Å². The van der Waals surface area contributed by atoms with Gasteiger partial charge in [-0.2, -0.15) is 0 Å². The Kier molecular flexibility index (Phi) is 6.04. The number of likely N-dealkylation sites (tertiary alicyclic amines) is 1. The normalized spacial score (nSPS) is 24.1. The SMILES string of the molecule is CC1CC1c1ccc(/C=C/C(=O)Nc2ccccc2CN2CCCC(C(N)=O)C2)o1. The van der Waals surface area contributed by atoms with Gasteiger partial charge in [0.25, 0.3) is 0 Å². The number of hydrogen-bond donors (Lipinski definition) is 2. The quantitative estimate of drug-likeness (QED) is 0.684. The molecule has 3 unspecified atom stereocenters. The summed E-state index contributed by atoms with van der Waals surface area (Å²) < 4.78 is 5.82. The fourth-order valence-electron chi connectivity index (χ4n) is 4.16. The molecule has 1 aliphatic carbocycles. The van der Waals surface area contributed by atoms with Gasteiger partial charge in [0.15, 0.2) is 0 Å². The number of hydrogen-bond acceptors (Lipinski definition) is 4. The molecule has 2 aromatic rings. The van der Waals surface area contributed by atoms with E-state index < -0.39 is 0 Å². The molecule has 2 amide bonds. The highest BCUT2D eigenvalue weighted by Crippen LogP contribution is 2.47. The van der Waals surface area contributed by atoms with Crippen LogP contribution in [0.2, 0.25) is 0 Å². The zero-order valence-corrected chi connectivity index (χ0v) is 17.3. The number of carbonyl (C=O) groups is 2. The third-order valence-corrected chi connectivity index (χ3v) is 6.10. The highest BCUT2D eigenvalue weighted by molar-refractivity contribution is 6.02. The van der Waals surface area contributed by atoms with Crippen LogP contribution in [0, 0.1) is 11.8 Å². The number of primary amides is 1. The molecular formula is C24H29N3O3. The van der Waals surface area contributed by atoms with Crippen molar-refractivity contribution in [3.8, 4) is 0 Å². The number of anilines is 1. The molecule has 1 aromatic heterocycles. The van der Waals surface area contributed by atoms with Crippen LogP contribution in [-0.4, -0.2) is 29.8 Å². The summed E-state index contributed by atoms with van der Waals surface area (Å²) in [6, 6.07) is 11.7. The molecule has 0 radical (unpaired) electrons. The Morgan fingerprint density at radius 1 is 1.27 bits per heavy atom. The zero-order valence-electron chi connectivity index (χ0n) is 17.3. The van der Waals surface area contributed by atoms with Gasteiger partial charge in [-0.05, 0) is 61.6 Å². The summed E-state index contributed by atoms with van der Waals surface area (Å²) in [5.41, 5.74) is 7.29. The summed E-state index contributed by atoms with van der Waals surface area (Å²) in [4.78, 5) is 26.2. The number of para-hydroxylation sites is 1. The van der Waals surface area contributed by atoms with Crippen molar-refractivity contribution < 1.29 is 14.0 Å². The number of carbonyl (C=O) groups excluding carboxylic acids is 2. The summed E-state index contributed by atoms with van der Waals surface area (Å²) in [5, 5.41) is 2.97. The predicted octanol–water partition coefficient (Wildman–Crippen LogP) is 3.75. The molecule has 4 rings (SSSR count). The van der Waals surface area contributed by atoms with Crippen molar-refractivity contribution in [3.05, 3.63) is 59.6 Å². The number of nitrogens with one attached hydrogen (secondary N) is 1. The second kappa shape index (κ2) is 8.88. The second-order valence-electron chi connectivity index (χ2n) is 8.52. The molecule has 6 nitrogen and oxygen atoms in total. The van der Waals surface area contributed by atoms with E-state index in [0.717, 1.165) is 36.4 Å². The molecule has 2 fully saturated rings. The van der Waals surface area contributed by atoms with Crippen molar-refractivity contribution >= 4 is 23.6 Å². The van der Waals surface area contributed by atoms with E-state index in [1.807, 2.05) is 36.4 Å². The van der Waals surface area contributed by atoms with Crippen LogP contribution in [-0.2, 0) is 16.1 Å². The topological polar surface area (TPSA) is 88.6 Å². The number of rotatable bonds is 7. The minimum absolute atomic E-state index is 0.0970. The Bertz CT molecular complexity index is 949. The van der Waals surface area contributed by atoms with Gasteiger partial charge < -0.3 is 15.5 Å². The molecule has 3 N–H and O–H groups in total. The maximum atomic E-state index is 12.5. The predicted molar refractivity (Wildman–Crippen MR) is 117 cm³/mol. The fraction of sp³-hybridized carbons (Fsp3) is 0.417. The van der Waals surface area contributed by atoms with Gasteiger partial charge in [0.2, 0.25) is 11.8 Å². The molecule has 3 atom stereocenters. The average Bonchev–Trinajstić information content (AvgIpc) is 3.28. The minimum atomic E-state index is -0.233. The standard InChI is InChI=1S/C24H29N3O3/c1-16-13-20(16)22-10-8-19(30-22)9-11-23(28)26-21-7-3-2-5-17(21)14-27-12-4-6-18(15-27)24(25)29/h2-3,5,7-11,16,18,20H,4,6,12-15H2,1H3,(H2,25,29)(H,26,28)/b11-9+. The number of piperidine rings is 1. The van der Waals surface area contributed by atoms with E-state index in [-0.39, 0.29) is 17.7 Å². The maximum absolute atomic E-state index is 12.5. The van der Waals surface area contributed by atoms with Crippen molar-refractivity contribution in [1.29, 1.82) is 0 Å². The van der Waals surface area contributed by atoms with Crippen LogP contribution >= 0.6 is 0 Å². The lowest BCUT2D eigenvalue weighted by atomic mass is 9.97. The first kappa shape index (κ1) is 20.4. The van der Waals surface area contributed by atoms with Crippen molar-refractivity contribution in [2.24, 2.45) is 17.6 Å². The van der Waals surface area contributed by atoms with Crippen molar-refractivity contribution in [1.82, 2.24) is 4.90 Å². The van der Waals surface area contributed by atoms with Crippen molar-refractivity contribution in [2.45, 2.75) is 38.6 Å². The van der Waals surface area contributed by atoms with E-state index in [4.69, 9.17) is 10.2 Å². The molecule has 1 saturated carbocycles. The molecule has 1 aliphatic heterocycles. The molecule has 1 aromatic carbocycles. The molecule has 0 bridgehead atoms. The number of furan rings is 1. The molecular weight excluding hydrogens is 378 g/mol. The van der Waals surface area contributed by atoms with E-state index in [2.05, 4.69) is 17.1 Å². The minimum Gasteiger partial charge on any atom is -0.461 e. The van der Waals surface area contributed by atoms with Gasteiger partial charge in [0.1, 0.15) is 11.5 Å². The third-order valence-electron chi connectivity index (χ3n) is 6.10. The van der Waals surface area contributed by atoms with Gasteiger partial charge in [0.05, 0.1) is 5.92 Å². The van der Waals surface area contributed by atoms with Crippen molar-refractivity contribution in [2.75, 3.05) is 18.4 Å². The van der Waals surface area contributed by atoms with Crippen molar-refractivity contribution in [3.63, 3.8) is 0 Å². The molecule has 2 heterocycles. The summed E-state index contributed by atoms with van der Waals surface area (Å²) in [7, 11) is 0. The molecule has 0 spiro atoms. The molecule has 30 heavy (non-hydrogen) atoms. The fourth-order valence-corrected chi connectivity index (χ4v) is 4.16. The Morgan fingerprint density at radius 3 is 2.83 bits per heavy atom. The Morgan fingerprint density at radius 2 is 2.07 bits per heavy atom. The van der Waals surface area contributed by atoms with E-state index in [1.165, 1.54) is 12.5 Å². The summed E-state index contributed by atoms with van der Waals surface area (Å²) in [6.07, 6.45) is 6.18. The highest BCUT2D eigenvalue weighted by Gasteiger charge is 2.36. The first-order valence-electron chi connectivity index (χ1n) is 10.7. The number of benzene rings is 1. The Balaban J connectivity index is 1.37. The van der Waals surface area contributed by atoms with Crippen LogP contribution in [0.1, 0.15) is 49.2 Å². The monoisotopic (exact) mass is 407 g/mol. The lowest BCUT2D eigenvalue weighted by Crippen LogP contribution is -2.40. The smallest absolute Gasteiger partial charge is 0.248 e. The van der Waals surface area contributed by atoms with Crippen LogP contribution in [0.5, 0.6) is 0 Å². The molecule has 158 valence electrons. The molecule has 2 aliphatic rings. The first-order valence-corrected chi connectivity index (χ1v) is 10.7. The van der Waals surface area contributed by atoms with Crippen LogP contribution in [0.4, 0.5) is 5.69 Å². The van der Waals surface area contributed by atoms with E-state index in [1.54, 1.807) is 6.08 Å². The van der Waals surface area contributed by atoms with Gasteiger partial charge in [-0.3, -0.25) is 14.5 Å². The number of nitrogens with two attached hydrogens (primary N) is 1. The van der Waals surface area contributed by atoms with Crippen LogP contribution in [0.25, 0.3) is 6.08 Å². The summed E-state index contributed by atoms with van der Waals surface area (Å²) >= 11 is 0. The number of amides is 2. The van der Waals surface area contributed by atoms with Gasteiger partial charge in [0, 0.05) is 30.8 Å². The van der Waals surface area contributed by atoms with E-state index in [9.17, 15) is 9.59 Å². The van der Waals surface area contributed by atoms with Crippen LogP contribution < -0.4 is 11.1 Å².